The third kappa shape index (κ3) is 3.10. The summed E-state index contributed by atoms with van der Waals surface area (Å²) in [7, 11) is 1.49. The van der Waals surface area contributed by atoms with Crippen LogP contribution in [-0.4, -0.2) is 34.8 Å². The number of aryl methyl sites for hydroxylation is 1. The van der Waals surface area contributed by atoms with Crippen molar-refractivity contribution in [3.05, 3.63) is 47.2 Å². The molecule has 0 saturated carbocycles. The molecule has 23 heavy (non-hydrogen) atoms. The van der Waals surface area contributed by atoms with Crippen LogP contribution in [-0.2, 0) is 0 Å². The van der Waals surface area contributed by atoms with Crippen molar-refractivity contribution in [1.82, 2.24) is 9.97 Å². The highest BCUT2D eigenvalue weighted by Gasteiger charge is 2.35. The second kappa shape index (κ2) is 6.08. The molecular formula is C16H17F2N3O2. The van der Waals surface area contributed by atoms with E-state index in [0.29, 0.717) is 17.5 Å². The van der Waals surface area contributed by atoms with E-state index >= 15 is 0 Å². The maximum atomic E-state index is 14.1. The molecule has 0 spiro atoms. The minimum absolute atomic E-state index is 0.186. The lowest BCUT2D eigenvalue weighted by Crippen LogP contribution is -2.27. The maximum Gasteiger partial charge on any atom is 0.229 e. The van der Waals surface area contributed by atoms with E-state index in [0.717, 1.165) is 18.2 Å². The topological polar surface area (TPSA) is 58.5 Å². The Morgan fingerprint density at radius 2 is 2.04 bits per heavy atom. The van der Waals surface area contributed by atoms with E-state index in [1.165, 1.54) is 7.11 Å². The molecule has 1 aliphatic rings. The highest BCUT2D eigenvalue weighted by Crippen LogP contribution is 2.36. The number of methoxy groups -OCH3 is 1. The van der Waals surface area contributed by atoms with Gasteiger partial charge in [-0.25, -0.2) is 13.8 Å². The number of halogens is 2. The van der Waals surface area contributed by atoms with Crippen molar-refractivity contribution in [1.29, 1.82) is 0 Å². The first kappa shape index (κ1) is 15.6. The average Bonchev–Trinajstić information content (AvgIpc) is 2.91. The van der Waals surface area contributed by atoms with Crippen molar-refractivity contribution in [3.8, 4) is 5.88 Å². The van der Waals surface area contributed by atoms with Gasteiger partial charge in [-0.05, 0) is 31.5 Å². The Morgan fingerprint density at radius 3 is 2.78 bits per heavy atom. The van der Waals surface area contributed by atoms with E-state index in [1.54, 1.807) is 17.9 Å². The Labute approximate surface area is 132 Å². The summed E-state index contributed by atoms with van der Waals surface area (Å²) >= 11 is 0. The van der Waals surface area contributed by atoms with E-state index in [2.05, 4.69) is 9.97 Å². The fraction of sp³-hybridized carbons (Fsp3) is 0.375. The third-order valence-electron chi connectivity index (χ3n) is 3.88. The zero-order valence-electron chi connectivity index (χ0n) is 12.8. The first-order valence-corrected chi connectivity index (χ1v) is 7.27. The lowest BCUT2D eigenvalue weighted by Gasteiger charge is -2.25. The number of anilines is 1. The fourth-order valence-electron chi connectivity index (χ4n) is 2.86. The lowest BCUT2D eigenvalue weighted by molar-refractivity contribution is 0.194. The molecule has 0 amide bonds. The van der Waals surface area contributed by atoms with Crippen molar-refractivity contribution in [2.24, 2.45) is 0 Å². The minimum Gasteiger partial charge on any atom is -0.481 e. The van der Waals surface area contributed by atoms with Crippen molar-refractivity contribution in [3.63, 3.8) is 0 Å². The van der Waals surface area contributed by atoms with E-state index in [1.807, 2.05) is 0 Å². The molecular weight excluding hydrogens is 304 g/mol. The molecule has 1 N–H and O–H groups in total. The molecule has 0 aliphatic carbocycles. The van der Waals surface area contributed by atoms with E-state index in [9.17, 15) is 13.9 Å². The number of β-amino-alcohol motifs (C(OH)–C–C–N with tert-alkyl or cyclic N) is 1. The monoisotopic (exact) mass is 321 g/mol. The Morgan fingerprint density at radius 1 is 1.26 bits per heavy atom. The molecule has 1 aromatic carbocycles. The van der Waals surface area contributed by atoms with Gasteiger partial charge in [0.25, 0.3) is 0 Å². The summed E-state index contributed by atoms with van der Waals surface area (Å²) in [6.07, 6.45) is -0.391. The van der Waals surface area contributed by atoms with Crippen LogP contribution in [0.25, 0.3) is 0 Å². The second-order valence-corrected chi connectivity index (χ2v) is 5.58. The molecule has 5 nitrogen and oxygen atoms in total. The standard InChI is InChI=1S/C16H17F2N3O2/c1-9-5-15(23-2)20-16(19-9)21-8-11(22)7-14(21)12-6-10(17)3-4-13(12)18/h3-6,11,14,22H,7-8H2,1-2H3/t11-,14-/m0/s1. The number of hydrogen-bond donors (Lipinski definition) is 1. The second-order valence-electron chi connectivity index (χ2n) is 5.58. The smallest absolute Gasteiger partial charge is 0.229 e. The molecule has 0 bridgehead atoms. The molecule has 0 radical (unpaired) electrons. The maximum absolute atomic E-state index is 14.1. The molecule has 1 fully saturated rings. The van der Waals surface area contributed by atoms with Crippen molar-refractivity contribution in [2.75, 3.05) is 18.6 Å². The lowest BCUT2D eigenvalue weighted by atomic mass is 10.0. The summed E-state index contributed by atoms with van der Waals surface area (Å²) in [5.74, 6) is -0.333. The van der Waals surface area contributed by atoms with Gasteiger partial charge in [0.05, 0.1) is 19.3 Å². The van der Waals surface area contributed by atoms with Gasteiger partial charge >= 0.3 is 0 Å². The summed E-state index contributed by atoms with van der Waals surface area (Å²) in [6.45, 7) is 2.03. The number of rotatable bonds is 3. The summed E-state index contributed by atoms with van der Waals surface area (Å²) in [6, 6.07) is 4.45. The Bertz CT molecular complexity index is 726. The van der Waals surface area contributed by atoms with Gasteiger partial charge in [0.1, 0.15) is 11.6 Å². The molecule has 2 aromatic rings. The molecule has 122 valence electrons. The van der Waals surface area contributed by atoms with E-state index in [-0.39, 0.29) is 18.5 Å². The zero-order chi connectivity index (χ0) is 16.6. The summed E-state index contributed by atoms with van der Waals surface area (Å²) < 4.78 is 32.8. The highest BCUT2D eigenvalue weighted by atomic mass is 19.1. The predicted molar refractivity (Wildman–Crippen MR) is 80.4 cm³/mol. The number of hydrogen-bond acceptors (Lipinski definition) is 5. The number of aromatic nitrogens is 2. The van der Waals surface area contributed by atoms with Crippen LogP contribution in [0.3, 0.4) is 0 Å². The Kier molecular flexibility index (Phi) is 4.12. The summed E-state index contributed by atoms with van der Waals surface area (Å²) in [5, 5.41) is 10.0. The van der Waals surface area contributed by atoms with Crippen LogP contribution in [0.15, 0.2) is 24.3 Å². The normalized spacial score (nSPS) is 20.8. The number of benzene rings is 1. The quantitative estimate of drug-likeness (QED) is 0.940. The number of nitrogens with zero attached hydrogens (tertiary/aromatic N) is 3. The molecule has 2 atom stereocenters. The fourth-order valence-corrected chi connectivity index (χ4v) is 2.86. The van der Waals surface area contributed by atoms with Crippen molar-refractivity contribution in [2.45, 2.75) is 25.5 Å². The van der Waals surface area contributed by atoms with Crippen LogP contribution in [0.5, 0.6) is 5.88 Å². The van der Waals surface area contributed by atoms with Crippen LogP contribution >= 0.6 is 0 Å². The van der Waals surface area contributed by atoms with Gasteiger partial charge in [0.15, 0.2) is 0 Å². The molecule has 1 aliphatic heterocycles. The average molecular weight is 321 g/mol. The van der Waals surface area contributed by atoms with Crippen LogP contribution in [0.2, 0.25) is 0 Å². The minimum atomic E-state index is -0.669. The van der Waals surface area contributed by atoms with Crippen LogP contribution in [0.1, 0.15) is 23.7 Å². The number of aliphatic hydroxyl groups excluding tert-OH is 1. The first-order chi connectivity index (χ1) is 11.0. The van der Waals surface area contributed by atoms with Crippen molar-refractivity contribution < 1.29 is 18.6 Å². The van der Waals surface area contributed by atoms with Gasteiger partial charge in [0, 0.05) is 23.9 Å². The molecule has 0 unspecified atom stereocenters. The van der Waals surface area contributed by atoms with E-state index in [4.69, 9.17) is 4.74 Å². The molecule has 1 aromatic heterocycles. The van der Waals surface area contributed by atoms with Crippen LogP contribution in [0, 0.1) is 18.6 Å². The van der Waals surface area contributed by atoms with Gasteiger partial charge < -0.3 is 14.7 Å². The summed E-state index contributed by atoms with van der Waals surface area (Å²) in [5.41, 5.74) is 0.873. The SMILES string of the molecule is COc1cc(C)nc(N2C[C@@H](O)C[C@H]2c2cc(F)ccc2F)n1. The molecule has 7 heteroatoms. The van der Waals surface area contributed by atoms with Crippen molar-refractivity contribution >= 4 is 5.95 Å². The van der Waals surface area contributed by atoms with Gasteiger partial charge in [-0.2, -0.15) is 4.98 Å². The number of ether oxygens (including phenoxy) is 1. The third-order valence-corrected chi connectivity index (χ3v) is 3.88. The first-order valence-electron chi connectivity index (χ1n) is 7.27. The Hall–Kier alpha value is -2.28. The van der Waals surface area contributed by atoms with Gasteiger partial charge in [-0.3, -0.25) is 0 Å². The largest absolute Gasteiger partial charge is 0.481 e. The van der Waals surface area contributed by atoms with Gasteiger partial charge in [-0.15, -0.1) is 0 Å². The van der Waals surface area contributed by atoms with Gasteiger partial charge in [0.2, 0.25) is 11.8 Å². The Balaban J connectivity index is 2.03. The van der Waals surface area contributed by atoms with Crippen LogP contribution < -0.4 is 9.64 Å². The van der Waals surface area contributed by atoms with Crippen LogP contribution in [0.4, 0.5) is 14.7 Å². The number of aliphatic hydroxyl groups is 1. The molecule has 2 heterocycles. The van der Waals surface area contributed by atoms with Gasteiger partial charge in [-0.1, -0.05) is 0 Å². The molecule has 1 saturated heterocycles. The zero-order valence-corrected chi connectivity index (χ0v) is 12.8. The predicted octanol–water partition coefficient (Wildman–Crippen LogP) is 2.38. The molecule has 3 rings (SSSR count). The summed E-state index contributed by atoms with van der Waals surface area (Å²) in [4.78, 5) is 10.3. The van der Waals surface area contributed by atoms with E-state index < -0.39 is 23.8 Å². The highest BCUT2D eigenvalue weighted by molar-refractivity contribution is 5.42.